The molecule has 1 aromatic heterocycles. The van der Waals surface area contributed by atoms with Gasteiger partial charge in [-0.1, -0.05) is 121 Å². The van der Waals surface area contributed by atoms with Crippen LogP contribution in [0.2, 0.25) is 0 Å². The first-order valence-corrected chi connectivity index (χ1v) is 16.1. The highest BCUT2D eigenvalue weighted by Crippen LogP contribution is 2.48. The first-order chi connectivity index (χ1) is 23.0. The zero-order valence-electron chi connectivity index (χ0n) is 26.5. The number of hydrogen-bond donors (Lipinski definition) is 0. The number of rotatable bonds is 4. The van der Waals surface area contributed by atoms with Crippen molar-refractivity contribution in [2.45, 2.75) is 13.8 Å². The lowest BCUT2D eigenvalue weighted by Gasteiger charge is -2.21. The topological polar surface area (TPSA) is 13.1 Å². The molecular weight excluding hydrogens is 569 g/mol. The predicted octanol–water partition coefficient (Wildman–Crippen LogP) is 13.6. The Kier molecular flexibility index (Phi) is 6.01. The van der Waals surface area contributed by atoms with E-state index in [-0.39, 0.29) is 0 Å². The van der Waals surface area contributed by atoms with E-state index in [0.717, 1.165) is 49.8 Å². The summed E-state index contributed by atoms with van der Waals surface area (Å²) in [6.45, 7) is 12.8. The summed E-state index contributed by atoms with van der Waals surface area (Å²) in [7, 11) is 0. The average molecular weight is 601 g/mol. The van der Waals surface area contributed by atoms with Gasteiger partial charge < -0.3 is 4.42 Å². The second-order valence-corrected chi connectivity index (χ2v) is 12.8. The van der Waals surface area contributed by atoms with Crippen molar-refractivity contribution in [1.29, 1.82) is 0 Å². The van der Waals surface area contributed by atoms with Gasteiger partial charge >= 0.3 is 0 Å². The second-order valence-electron chi connectivity index (χ2n) is 12.8. The SMILES string of the molecule is C=C(C)c1ccc2c(-c3cc4ccccc4c4ccccc34)c3cc(C(=C)C)ccc3c(-c3ccc4oc5ccccc5c4c3)c2c1. The van der Waals surface area contributed by atoms with Crippen LogP contribution in [0.15, 0.2) is 151 Å². The molecule has 0 unspecified atom stereocenters. The fraction of sp³-hybridized carbons (Fsp3) is 0.0435. The Labute approximate surface area is 273 Å². The third-order valence-corrected chi connectivity index (χ3v) is 9.80. The smallest absolute Gasteiger partial charge is 0.135 e. The van der Waals surface area contributed by atoms with Crippen LogP contribution in [0.5, 0.6) is 0 Å². The van der Waals surface area contributed by atoms with Gasteiger partial charge in [0.2, 0.25) is 0 Å². The lowest BCUT2D eigenvalue weighted by molar-refractivity contribution is 0.669. The van der Waals surface area contributed by atoms with Crippen molar-refractivity contribution in [2.75, 3.05) is 0 Å². The average Bonchev–Trinajstić information content (AvgIpc) is 3.47. The Balaban J connectivity index is 1.49. The summed E-state index contributed by atoms with van der Waals surface area (Å²) in [5.74, 6) is 0. The summed E-state index contributed by atoms with van der Waals surface area (Å²) >= 11 is 0. The van der Waals surface area contributed by atoms with Gasteiger partial charge in [0.1, 0.15) is 11.2 Å². The van der Waals surface area contributed by atoms with Gasteiger partial charge in [-0.05, 0) is 127 Å². The molecule has 1 heteroatoms. The van der Waals surface area contributed by atoms with Crippen LogP contribution in [0, 0.1) is 0 Å². The van der Waals surface area contributed by atoms with E-state index in [4.69, 9.17) is 4.42 Å². The number of benzene rings is 8. The number of furan rings is 1. The van der Waals surface area contributed by atoms with E-state index in [1.807, 2.05) is 12.1 Å². The molecule has 0 saturated heterocycles. The van der Waals surface area contributed by atoms with Gasteiger partial charge in [-0.2, -0.15) is 0 Å². The molecule has 0 spiro atoms. The van der Waals surface area contributed by atoms with Crippen LogP contribution in [0.3, 0.4) is 0 Å². The van der Waals surface area contributed by atoms with E-state index >= 15 is 0 Å². The molecule has 0 saturated carbocycles. The van der Waals surface area contributed by atoms with Crippen molar-refractivity contribution in [3.05, 3.63) is 158 Å². The molecule has 0 amide bonds. The Morgan fingerprint density at radius 1 is 0.426 bits per heavy atom. The number of allylic oxidation sites excluding steroid dienone is 2. The van der Waals surface area contributed by atoms with E-state index in [1.165, 1.54) is 59.8 Å². The molecule has 1 heterocycles. The monoisotopic (exact) mass is 600 g/mol. The number of fused-ring (bicyclic) bond motifs is 8. The molecule has 0 aliphatic rings. The van der Waals surface area contributed by atoms with Gasteiger partial charge in [0, 0.05) is 10.8 Å². The Hall–Kier alpha value is -5.92. The molecular formula is C46H32O. The maximum absolute atomic E-state index is 6.24. The largest absolute Gasteiger partial charge is 0.456 e. The number of hydrogen-bond acceptors (Lipinski definition) is 1. The molecule has 9 rings (SSSR count). The molecule has 0 aliphatic heterocycles. The van der Waals surface area contributed by atoms with Crippen LogP contribution in [-0.4, -0.2) is 0 Å². The standard InChI is InChI=1S/C46H32O/c1-27(2)29-18-21-38-41(23-29)45(32-19-22-44-39(26-32)36-15-9-10-16-43(36)47-44)37-20-17-30(28(3)4)24-42(37)46(38)40-25-31-11-5-6-12-33(31)34-13-7-8-14-35(34)40/h5-26H,1,3H2,2,4H3. The summed E-state index contributed by atoms with van der Waals surface area (Å²) in [6, 6.07) is 48.6. The second kappa shape index (κ2) is 10.3. The highest BCUT2D eigenvalue weighted by Gasteiger charge is 2.21. The highest BCUT2D eigenvalue weighted by atomic mass is 16.3. The maximum Gasteiger partial charge on any atom is 0.135 e. The molecule has 222 valence electrons. The predicted molar refractivity (Wildman–Crippen MR) is 204 cm³/mol. The van der Waals surface area contributed by atoms with Crippen LogP contribution in [0.1, 0.15) is 25.0 Å². The van der Waals surface area contributed by atoms with Gasteiger partial charge in [-0.25, -0.2) is 0 Å². The van der Waals surface area contributed by atoms with Crippen molar-refractivity contribution in [1.82, 2.24) is 0 Å². The molecule has 0 N–H and O–H groups in total. The number of para-hydroxylation sites is 1. The van der Waals surface area contributed by atoms with Crippen molar-refractivity contribution < 1.29 is 4.42 Å². The van der Waals surface area contributed by atoms with Gasteiger partial charge in [-0.3, -0.25) is 0 Å². The summed E-state index contributed by atoms with van der Waals surface area (Å²) in [5, 5.41) is 12.1. The summed E-state index contributed by atoms with van der Waals surface area (Å²) in [6.07, 6.45) is 0. The molecule has 0 bridgehead atoms. The quantitative estimate of drug-likeness (QED) is 0.145. The molecule has 9 aromatic rings. The van der Waals surface area contributed by atoms with Crippen molar-refractivity contribution in [3.63, 3.8) is 0 Å². The molecule has 0 atom stereocenters. The van der Waals surface area contributed by atoms with E-state index in [1.54, 1.807) is 0 Å². The minimum Gasteiger partial charge on any atom is -0.456 e. The van der Waals surface area contributed by atoms with Gasteiger partial charge in [0.15, 0.2) is 0 Å². The third kappa shape index (κ3) is 4.17. The minimum atomic E-state index is 0.898. The van der Waals surface area contributed by atoms with Crippen LogP contribution in [-0.2, 0) is 0 Å². The van der Waals surface area contributed by atoms with Crippen molar-refractivity contribution in [3.8, 4) is 22.3 Å². The van der Waals surface area contributed by atoms with Crippen LogP contribution >= 0.6 is 0 Å². The highest BCUT2D eigenvalue weighted by molar-refractivity contribution is 6.26. The zero-order chi connectivity index (χ0) is 31.8. The molecule has 0 fully saturated rings. The van der Waals surface area contributed by atoms with E-state index in [9.17, 15) is 0 Å². The first-order valence-electron chi connectivity index (χ1n) is 16.1. The first kappa shape index (κ1) is 27.4. The Bertz CT molecular complexity index is 2790. The molecule has 47 heavy (non-hydrogen) atoms. The fourth-order valence-corrected chi connectivity index (χ4v) is 7.50. The third-order valence-electron chi connectivity index (χ3n) is 9.80. The van der Waals surface area contributed by atoms with E-state index < -0.39 is 0 Å². The Morgan fingerprint density at radius 3 is 1.72 bits per heavy atom. The molecule has 1 nitrogen and oxygen atoms in total. The van der Waals surface area contributed by atoms with Crippen LogP contribution in [0.4, 0.5) is 0 Å². The van der Waals surface area contributed by atoms with Crippen LogP contribution in [0.25, 0.3) is 98.4 Å². The van der Waals surface area contributed by atoms with Crippen molar-refractivity contribution >= 4 is 76.2 Å². The fourth-order valence-electron chi connectivity index (χ4n) is 7.50. The minimum absolute atomic E-state index is 0.898. The zero-order valence-corrected chi connectivity index (χ0v) is 26.5. The van der Waals surface area contributed by atoms with Crippen LogP contribution < -0.4 is 0 Å². The summed E-state index contributed by atoms with van der Waals surface area (Å²) in [4.78, 5) is 0. The van der Waals surface area contributed by atoms with Crippen molar-refractivity contribution in [2.24, 2.45) is 0 Å². The lowest BCUT2D eigenvalue weighted by atomic mass is 9.82. The normalized spacial score (nSPS) is 11.8. The summed E-state index contributed by atoms with van der Waals surface area (Å²) in [5.41, 5.74) is 11.0. The Morgan fingerprint density at radius 2 is 1.00 bits per heavy atom. The molecule has 8 aromatic carbocycles. The lowest BCUT2D eigenvalue weighted by Crippen LogP contribution is -1.94. The maximum atomic E-state index is 6.24. The van der Waals surface area contributed by atoms with E-state index in [2.05, 4.69) is 148 Å². The van der Waals surface area contributed by atoms with Gasteiger partial charge in [0.05, 0.1) is 0 Å². The molecule has 0 radical (unpaired) electrons. The van der Waals surface area contributed by atoms with Gasteiger partial charge in [-0.15, -0.1) is 0 Å². The van der Waals surface area contributed by atoms with E-state index in [0.29, 0.717) is 0 Å². The van der Waals surface area contributed by atoms with Gasteiger partial charge in [0.25, 0.3) is 0 Å². The summed E-state index contributed by atoms with van der Waals surface area (Å²) < 4.78 is 6.24. The molecule has 0 aliphatic carbocycles.